The maximum Gasteiger partial charge on any atom is 0.283 e. The van der Waals surface area contributed by atoms with Crippen molar-refractivity contribution in [2.75, 3.05) is 0 Å². The highest BCUT2D eigenvalue weighted by molar-refractivity contribution is 5.95. The molecule has 2 aromatic rings. The first-order valence-corrected chi connectivity index (χ1v) is 7.29. The molecule has 0 spiro atoms. The molecule has 1 aromatic heterocycles. The van der Waals surface area contributed by atoms with E-state index in [0.717, 1.165) is 12.6 Å². The number of carbonyl (C=O) groups is 1. The summed E-state index contributed by atoms with van der Waals surface area (Å²) in [5.41, 5.74) is -0.412. The topological polar surface area (TPSA) is 46.9 Å². The first-order chi connectivity index (χ1) is 11.2. The molecule has 0 aliphatic carbocycles. The van der Waals surface area contributed by atoms with Crippen molar-refractivity contribution in [2.24, 2.45) is 7.05 Å². The highest BCUT2D eigenvalue weighted by Crippen LogP contribution is 2.24. The van der Waals surface area contributed by atoms with Gasteiger partial charge in [0.15, 0.2) is 0 Å². The van der Waals surface area contributed by atoms with Crippen LogP contribution >= 0.6 is 0 Å². The second-order valence-electron chi connectivity index (χ2n) is 5.66. The van der Waals surface area contributed by atoms with Gasteiger partial charge in [0.2, 0.25) is 5.95 Å². The van der Waals surface area contributed by atoms with E-state index in [1.807, 2.05) is 13.8 Å². The van der Waals surface area contributed by atoms with E-state index >= 15 is 0 Å². The van der Waals surface area contributed by atoms with E-state index in [2.05, 4.69) is 10.4 Å². The van der Waals surface area contributed by atoms with E-state index < -0.39 is 35.4 Å². The minimum absolute atomic E-state index is 0.0734. The van der Waals surface area contributed by atoms with Gasteiger partial charge in [-0.25, -0.2) is 17.9 Å². The second-order valence-corrected chi connectivity index (χ2v) is 5.66. The molecule has 1 amide bonds. The van der Waals surface area contributed by atoms with Gasteiger partial charge in [0.1, 0.15) is 17.1 Å². The molecule has 8 heteroatoms. The van der Waals surface area contributed by atoms with Gasteiger partial charge in [0.25, 0.3) is 12.3 Å². The Kier molecular flexibility index (Phi) is 5.26. The maximum atomic E-state index is 13.9. The zero-order chi connectivity index (χ0) is 18.0. The number of nitrogens with one attached hydrogen (secondary N) is 1. The number of aryl methyl sites for hydroxylation is 1. The molecule has 24 heavy (non-hydrogen) atoms. The largest absolute Gasteiger partial charge is 0.348 e. The van der Waals surface area contributed by atoms with Crippen molar-refractivity contribution in [1.82, 2.24) is 15.1 Å². The van der Waals surface area contributed by atoms with Crippen LogP contribution in [0.4, 0.5) is 17.6 Å². The van der Waals surface area contributed by atoms with Gasteiger partial charge in [-0.3, -0.25) is 4.79 Å². The number of alkyl halides is 2. The molecule has 130 valence electrons. The molecule has 1 heterocycles. The molecule has 0 saturated carbocycles. The highest BCUT2D eigenvalue weighted by Gasteiger charge is 2.28. The zero-order valence-electron chi connectivity index (χ0n) is 13.4. The Labute approximate surface area is 136 Å². The van der Waals surface area contributed by atoms with E-state index in [1.165, 1.54) is 12.1 Å². The lowest BCUT2D eigenvalue weighted by atomic mass is 9.97. The van der Waals surface area contributed by atoms with Gasteiger partial charge in [-0.1, -0.05) is 19.9 Å². The highest BCUT2D eigenvalue weighted by atomic mass is 19.3. The molecule has 4 nitrogen and oxygen atoms in total. The molecule has 0 fully saturated rings. The number of amides is 1. The number of hydrogen-bond acceptors (Lipinski definition) is 2. The molecule has 1 aromatic carbocycles. The average Bonchev–Trinajstić information content (AvgIpc) is 2.80. The predicted octanol–water partition coefficient (Wildman–Crippen LogP) is 3.69. The van der Waals surface area contributed by atoms with Crippen LogP contribution in [0.15, 0.2) is 18.2 Å². The normalized spacial score (nSPS) is 11.4. The minimum atomic E-state index is -3.08. The van der Waals surface area contributed by atoms with Gasteiger partial charge in [0, 0.05) is 13.6 Å². The Morgan fingerprint density at radius 1 is 1.29 bits per heavy atom. The summed E-state index contributed by atoms with van der Waals surface area (Å²) in [7, 11) is 1.13. The van der Waals surface area contributed by atoms with Gasteiger partial charge in [0.05, 0.1) is 0 Å². The summed E-state index contributed by atoms with van der Waals surface area (Å²) in [6.07, 6.45) is -3.08. The zero-order valence-corrected chi connectivity index (χ0v) is 13.4. The van der Waals surface area contributed by atoms with E-state index in [9.17, 15) is 22.4 Å². The number of carbonyl (C=O) groups excluding carboxylic acids is 1. The molecule has 0 saturated heterocycles. The fourth-order valence-electron chi connectivity index (χ4n) is 2.44. The van der Waals surface area contributed by atoms with Crippen molar-refractivity contribution < 1.29 is 22.4 Å². The summed E-state index contributed by atoms with van der Waals surface area (Å²) in [5, 5.41) is 5.67. The van der Waals surface area contributed by atoms with E-state index in [-0.39, 0.29) is 12.5 Å². The molecule has 0 bridgehead atoms. The van der Waals surface area contributed by atoms with Crippen LogP contribution < -0.4 is 5.32 Å². The lowest BCUT2D eigenvalue weighted by Gasteiger charge is -2.13. The van der Waals surface area contributed by atoms with E-state index in [1.54, 1.807) is 6.07 Å². The summed E-state index contributed by atoms with van der Waals surface area (Å²) in [6, 6.07) is 4.15. The van der Waals surface area contributed by atoms with Gasteiger partial charge in [-0.2, -0.15) is 9.49 Å². The van der Waals surface area contributed by atoms with Crippen molar-refractivity contribution in [2.45, 2.75) is 32.7 Å². The molecule has 0 radical (unpaired) electrons. The first kappa shape index (κ1) is 18.0. The monoisotopic (exact) mass is 343 g/mol. The molecule has 0 aliphatic rings. The number of aromatic nitrogens is 2. The fraction of sp³-hybridized carbons (Fsp3) is 0.375. The Morgan fingerprint density at radius 2 is 1.96 bits per heavy atom. The molecular weight excluding hydrogens is 326 g/mol. The number of hydrogen-bond donors (Lipinski definition) is 1. The van der Waals surface area contributed by atoms with Gasteiger partial charge in [-0.05, 0) is 29.2 Å². The first-order valence-electron chi connectivity index (χ1n) is 7.29. The smallest absolute Gasteiger partial charge is 0.283 e. The third-order valence-electron chi connectivity index (χ3n) is 3.60. The van der Waals surface area contributed by atoms with Crippen LogP contribution in [0.1, 0.15) is 53.4 Å². The van der Waals surface area contributed by atoms with Crippen LogP contribution in [0.5, 0.6) is 0 Å². The molecule has 0 atom stereocenters. The lowest BCUT2D eigenvalue weighted by molar-refractivity contribution is 0.0931. The van der Waals surface area contributed by atoms with Crippen LogP contribution in [0, 0.1) is 11.8 Å². The average molecular weight is 343 g/mol. The molecule has 1 N–H and O–H groups in total. The summed E-state index contributed by atoms with van der Waals surface area (Å²) in [5.74, 6) is -2.57. The van der Waals surface area contributed by atoms with Crippen LogP contribution in [-0.2, 0) is 13.6 Å². The SMILES string of the molecule is CC(C)c1ccc(F)cc1CNC(=O)c1c(C(F)F)nn(C)c1F. The van der Waals surface area contributed by atoms with Crippen molar-refractivity contribution in [1.29, 1.82) is 0 Å². The van der Waals surface area contributed by atoms with Crippen LogP contribution in [0.25, 0.3) is 0 Å². The molecule has 2 rings (SSSR count). The van der Waals surface area contributed by atoms with Crippen molar-refractivity contribution in [3.05, 3.63) is 52.3 Å². The molecule has 0 aliphatic heterocycles. The lowest BCUT2D eigenvalue weighted by Crippen LogP contribution is -2.25. The van der Waals surface area contributed by atoms with Crippen LogP contribution in [0.3, 0.4) is 0 Å². The van der Waals surface area contributed by atoms with Crippen LogP contribution in [0.2, 0.25) is 0 Å². The molecule has 0 unspecified atom stereocenters. The maximum absolute atomic E-state index is 13.9. The van der Waals surface area contributed by atoms with Gasteiger partial charge >= 0.3 is 0 Å². The number of nitrogens with zero attached hydrogens (tertiary/aromatic N) is 2. The summed E-state index contributed by atoms with van der Waals surface area (Å²) < 4.78 is 53.7. The predicted molar refractivity (Wildman–Crippen MR) is 79.8 cm³/mol. The van der Waals surface area contributed by atoms with E-state index in [4.69, 9.17) is 0 Å². The van der Waals surface area contributed by atoms with Gasteiger partial charge in [-0.15, -0.1) is 0 Å². The third-order valence-corrected chi connectivity index (χ3v) is 3.60. The Hall–Kier alpha value is -2.38. The Morgan fingerprint density at radius 3 is 2.54 bits per heavy atom. The fourth-order valence-corrected chi connectivity index (χ4v) is 2.44. The number of halogens is 4. The van der Waals surface area contributed by atoms with Crippen molar-refractivity contribution >= 4 is 5.91 Å². The minimum Gasteiger partial charge on any atom is -0.348 e. The standard InChI is InChI=1S/C16H17F4N3O/c1-8(2)11-5-4-10(17)6-9(11)7-21-16(24)12-13(14(18)19)22-23(3)15(12)20/h4-6,8,14H,7H2,1-3H3,(H,21,24). The number of rotatable bonds is 5. The van der Waals surface area contributed by atoms with Crippen LogP contribution in [-0.4, -0.2) is 15.7 Å². The van der Waals surface area contributed by atoms with Crippen molar-refractivity contribution in [3.8, 4) is 0 Å². The quantitative estimate of drug-likeness (QED) is 0.842. The summed E-state index contributed by atoms with van der Waals surface area (Å²) >= 11 is 0. The van der Waals surface area contributed by atoms with E-state index in [0.29, 0.717) is 10.2 Å². The Balaban J connectivity index is 2.25. The van der Waals surface area contributed by atoms with Gasteiger partial charge < -0.3 is 5.32 Å². The third kappa shape index (κ3) is 3.58. The Bertz CT molecular complexity index is 756. The molecular formula is C16H17F4N3O. The summed E-state index contributed by atoms with van der Waals surface area (Å²) in [6.45, 7) is 3.68. The summed E-state index contributed by atoms with van der Waals surface area (Å²) in [4.78, 5) is 12.1. The number of benzene rings is 1. The van der Waals surface area contributed by atoms with Crippen molar-refractivity contribution in [3.63, 3.8) is 0 Å². The second kappa shape index (κ2) is 7.02.